The largest absolute Gasteiger partial charge is 0.399 e. The van der Waals surface area contributed by atoms with E-state index in [2.05, 4.69) is 21.2 Å². The van der Waals surface area contributed by atoms with Gasteiger partial charge in [0.2, 0.25) is 0 Å². The second kappa shape index (κ2) is 5.40. The predicted molar refractivity (Wildman–Crippen MR) is 77.6 cm³/mol. The van der Waals surface area contributed by atoms with Gasteiger partial charge in [0.1, 0.15) is 5.82 Å². The number of hydrogen-bond donors (Lipinski definition) is 2. The van der Waals surface area contributed by atoms with Gasteiger partial charge in [0, 0.05) is 15.7 Å². The molecule has 0 saturated carbocycles. The van der Waals surface area contributed by atoms with Crippen LogP contribution in [-0.4, -0.2) is 5.91 Å². The molecule has 0 bridgehead atoms. The van der Waals surface area contributed by atoms with E-state index in [9.17, 15) is 9.18 Å². The number of anilines is 2. The lowest BCUT2D eigenvalue weighted by Crippen LogP contribution is -2.15. The zero-order valence-corrected chi connectivity index (χ0v) is 11.8. The number of nitrogens with one attached hydrogen (secondary N) is 1. The summed E-state index contributed by atoms with van der Waals surface area (Å²) in [5.41, 5.74) is 7.55. The van der Waals surface area contributed by atoms with Crippen molar-refractivity contribution in [1.29, 1.82) is 0 Å². The lowest BCUT2D eigenvalue weighted by molar-refractivity contribution is 0.102. The Balaban J connectivity index is 2.31. The summed E-state index contributed by atoms with van der Waals surface area (Å²) >= 11 is 3.20. The van der Waals surface area contributed by atoms with Crippen molar-refractivity contribution >= 4 is 33.2 Å². The van der Waals surface area contributed by atoms with Crippen LogP contribution in [0.15, 0.2) is 40.9 Å². The van der Waals surface area contributed by atoms with E-state index in [0.717, 1.165) is 5.56 Å². The van der Waals surface area contributed by atoms with Gasteiger partial charge in [0.15, 0.2) is 0 Å². The fourth-order valence-corrected chi connectivity index (χ4v) is 2.18. The summed E-state index contributed by atoms with van der Waals surface area (Å²) in [6.07, 6.45) is 0. The molecule has 0 aromatic heterocycles. The average Bonchev–Trinajstić information content (AvgIpc) is 2.33. The Labute approximate surface area is 118 Å². The van der Waals surface area contributed by atoms with Crippen molar-refractivity contribution in [2.45, 2.75) is 6.92 Å². The standard InChI is InChI=1S/C14H12BrFN2O/c1-8-7-9(17)5-6-10(8)14(19)18-13-11(15)3-2-4-12(13)16/h2-7H,17H2,1H3,(H,18,19). The molecule has 0 radical (unpaired) electrons. The van der Waals surface area contributed by atoms with Crippen LogP contribution in [0.3, 0.4) is 0 Å². The van der Waals surface area contributed by atoms with E-state index in [4.69, 9.17) is 5.73 Å². The molecule has 5 heteroatoms. The van der Waals surface area contributed by atoms with Crippen LogP contribution in [0, 0.1) is 12.7 Å². The third-order valence-corrected chi connectivity index (χ3v) is 3.36. The van der Waals surface area contributed by atoms with Crippen molar-refractivity contribution in [2.75, 3.05) is 11.1 Å². The van der Waals surface area contributed by atoms with Crippen LogP contribution in [0.2, 0.25) is 0 Å². The van der Waals surface area contributed by atoms with E-state index < -0.39 is 5.82 Å². The molecule has 0 spiro atoms. The maximum absolute atomic E-state index is 13.6. The van der Waals surface area contributed by atoms with Gasteiger partial charge >= 0.3 is 0 Å². The van der Waals surface area contributed by atoms with E-state index >= 15 is 0 Å². The van der Waals surface area contributed by atoms with Gasteiger partial charge in [-0.25, -0.2) is 4.39 Å². The smallest absolute Gasteiger partial charge is 0.256 e. The highest BCUT2D eigenvalue weighted by molar-refractivity contribution is 9.10. The van der Waals surface area contributed by atoms with Crippen LogP contribution < -0.4 is 11.1 Å². The Morgan fingerprint density at radius 3 is 2.68 bits per heavy atom. The lowest BCUT2D eigenvalue weighted by atomic mass is 10.1. The number of benzene rings is 2. The number of carbonyl (C=O) groups is 1. The van der Waals surface area contributed by atoms with E-state index in [1.165, 1.54) is 6.07 Å². The Bertz CT molecular complexity index is 623. The van der Waals surface area contributed by atoms with Gasteiger partial charge in [-0.1, -0.05) is 6.07 Å². The number of aryl methyl sites for hydroxylation is 1. The minimum absolute atomic E-state index is 0.128. The van der Waals surface area contributed by atoms with E-state index in [-0.39, 0.29) is 11.6 Å². The predicted octanol–water partition coefficient (Wildman–Crippen LogP) is 3.73. The normalized spacial score (nSPS) is 10.3. The van der Waals surface area contributed by atoms with Gasteiger partial charge in [-0.2, -0.15) is 0 Å². The number of nitrogen functional groups attached to an aromatic ring is 1. The third-order valence-electron chi connectivity index (χ3n) is 2.70. The molecule has 0 aliphatic rings. The number of para-hydroxylation sites is 1. The van der Waals surface area contributed by atoms with Crippen LogP contribution in [-0.2, 0) is 0 Å². The third kappa shape index (κ3) is 2.93. The fourth-order valence-electron chi connectivity index (χ4n) is 1.74. The van der Waals surface area contributed by atoms with Gasteiger partial charge in [0.05, 0.1) is 5.69 Å². The van der Waals surface area contributed by atoms with Crippen LogP contribution >= 0.6 is 15.9 Å². The second-order valence-corrected chi connectivity index (χ2v) is 4.98. The molecule has 0 fully saturated rings. The maximum atomic E-state index is 13.6. The Kier molecular flexibility index (Phi) is 3.85. The quantitative estimate of drug-likeness (QED) is 0.828. The molecule has 19 heavy (non-hydrogen) atoms. The SMILES string of the molecule is Cc1cc(N)ccc1C(=O)Nc1c(F)cccc1Br. The summed E-state index contributed by atoms with van der Waals surface area (Å²) in [5, 5.41) is 2.55. The first kappa shape index (κ1) is 13.5. The maximum Gasteiger partial charge on any atom is 0.256 e. The van der Waals surface area contributed by atoms with Gasteiger partial charge in [-0.05, 0) is 58.7 Å². The Morgan fingerprint density at radius 1 is 1.32 bits per heavy atom. The molecule has 0 unspecified atom stereocenters. The monoisotopic (exact) mass is 322 g/mol. The number of halogens is 2. The highest BCUT2D eigenvalue weighted by Gasteiger charge is 2.13. The van der Waals surface area contributed by atoms with Gasteiger partial charge < -0.3 is 11.1 Å². The summed E-state index contributed by atoms with van der Waals surface area (Å²) < 4.78 is 14.1. The molecule has 1 amide bonds. The molecule has 2 aromatic rings. The minimum Gasteiger partial charge on any atom is -0.399 e. The molecule has 0 aliphatic carbocycles. The summed E-state index contributed by atoms with van der Waals surface area (Å²) in [5.74, 6) is -0.862. The van der Waals surface area contributed by atoms with Crippen LogP contribution in [0.4, 0.5) is 15.8 Å². The van der Waals surface area contributed by atoms with Crippen molar-refractivity contribution in [1.82, 2.24) is 0 Å². The second-order valence-electron chi connectivity index (χ2n) is 4.13. The summed E-state index contributed by atoms with van der Waals surface area (Å²) in [7, 11) is 0. The summed E-state index contributed by atoms with van der Waals surface area (Å²) in [6.45, 7) is 1.78. The first-order valence-corrected chi connectivity index (χ1v) is 6.40. The molecule has 0 saturated heterocycles. The minimum atomic E-state index is -0.490. The molecular weight excluding hydrogens is 311 g/mol. The highest BCUT2D eigenvalue weighted by atomic mass is 79.9. The zero-order valence-electron chi connectivity index (χ0n) is 10.2. The van der Waals surface area contributed by atoms with Crippen LogP contribution in [0.5, 0.6) is 0 Å². The topological polar surface area (TPSA) is 55.1 Å². The molecule has 0 aliphatic heterocycles. The van der Waals surface area contributed by atoms with Crippen LogP contribution in [0.25, 0.3) is 0 Å². The molecule has 2 aromatic carbocycles. The molecule has 2 rings (SSSR count). The number of rotatable bonds is 2. The Morgan fingerprint density at radius 2 is 2.05 bits per heavy atom. The molecule has 3 N–H and O–H groups in total. The van der Waals surface area contributed by atoms with Gasteiger partial charge in [-0.15, -0.1) is 0 Å². The summed E-state index contributed by atoms with van der Waals surface area (Å²) in [4.78, 5) is 12.1. The molecule has 0 atom stereocenters. The van der Waals surface area contributed by atoms with Crippen molar-refractivity contribution in [3.63, 3.8) is 0 Å². The molecule has 98 valence electrons. The van der Waals surface area contributed by atoms with Crippen molar-refractivity contribution in [2.24, 2.45) is 0 Å². The molecular formula is C14H12BrFN2O. The van der Waals surface area contributed by atoms with Crippen LogP contribution in [0.1, 0.15) is 15.9 Å². The Hall–Kier alpha value is -1.88. The van der Waals surface area contributed by atoms with E-state index in [0.29, 0.717) is 15.7 Å². The lowest BCUT2D eigenvalue weighted by Gasteiger charge is -2.10. The highest BCUT2D eigenvalue weighted by Crippen LogP contribution is 2.26. The summed E-state index contributed by atoms with van der Waals surface area (Å²) in [6, 6.07) is 9.46. The molecule has 0 heterocycles. The average molecular weight is 323 g/mol. The van der Waals surface area contributed by atoms with E-state index in [1.54, 1.807) is 37.3 Å². The number of amides is 1. The van der Waals surface area contributed by atoms with Gasteiger partial charge in [-0.3, -0.25) is 4.79 Å². The zero-order chi connectivity index (χ0) is 14.0. The number of hydrogen-bond acceptors (Lipinski definition) is 2. The number of carbonyl (C=O) groups excluding carboxylic acids is 1. The van der Waals surface area contributed by atoms with E-state index in [1.807, 2.05) is 0 Å². The van der Waals surface area contributed by atoms with Crippen molar-refractivity contribution < 1.29 is 9.18 Å². The van der Waals surface area contributed by atoms with Gasteiger partial charge in [0.25, 0.3) is 5.91 Å². The van der Waals surface area contributed by atoms with Crippen molar-refractivity contribution in [3.05, 3.63) is 57.8 Å². The first-order chi connectivity index (χ1) is 8.99. The first-order valence-electron chi connectivity index (χ1n) is 5.60. The molecule has 3 nitrogen and oxygen atoms in total. The van der Waals surface area contributed by atoms with Crippen molar-refractivity contribution in [3.8, 4) is 0 Å². The fraction of sp³-hybridized carbons (Fsp3) is 0.0714. The number of nitrogens with two attached hydrogens (primary N) is 1.